The van der Waals surface area contributed by atoms with Gasteiger partial charge in [0.25, 0.3) is 0 Å². The molecular formula is C10H13N3O2S. The zero-order valence-electron chi connectivity index (χ0n) is 9.38. The van der Waals surface area contributed by atoms with Crippen molar-refractivity contribution in [1.29, 1.82) is 5.26 Å². The smallest absolute Gasteiger partial charge is 0.185 e. The molecular weight excluding hydrogens is 226 g/mol. The molecule has 16 heavy (non-hydrogen) atoms. The van der Waals surface area contributed by atoms with Crippen LogP contribution in [0.2, 0.25) is 0 Å². The van der Waals surface area contributed by atoms with Crippen LogP contribution in [-0.4, -0.2) is 33.4 Å². The fraction of sp³-hybridized carbons (Fsp3) is 0.300. The zero-order valence-corrected chi connectivity index (χ0v) is 10.2. The van der Waals surface area contributed by atoms with Crippen molar-refractivity contribution >= 4 is 15.9 Å². The van der Waals surface area contributed by atoms with Gasteiger partial charge in [0, 0.05) is 26.5 Å². The Bertz CT molecular complexity index is 547. The van der Waals surface area contributed by atoms with Gasteiger partial charge in [0.05, 0.1) is 5.69 Å². The lowest BCUT2D eigenvalue weighted by Crippen LogP contribution is -2.24. The van der Waals surface area contributed by atoms with E-state index in [-0.39, 0.29) is 4.91 Å². The fourth-order valence-corrected chi connectivity index (χ4v) is 1.72. The van der Waals surface area contributed by atoms with Crippen LogP contribution in [0.3, 0.4) is 0 Å². The molecule has 1 aromatic rings. The molecule has 0 saturated carbocycles. The maximum Gasteiger partial charge on any atom is 0.185 e. The summed E-state index contributed by atoms with van der Waals surface area (Å²) in [4.78, 5) is -0.241. The molecule has 1 rings (SSSR count). The van der Waals surface area contributed by atoms with E-state index in [1.54, 1.807) is 34.1 Å². The van der Waals surface area contributed by atoms with Crippen molar-refractivity contribution < 1.29 is 8.42 Å². The molecule has 0 aliphatic heterocycles. The third-order valence-electron chi connectivity index (χ3n) is 1.98. The van der Waals surface area contributed by atoms with Crippen LogP contribution in [0.5, 0.6) is 0 Å². The van der Waals surface area contributed by atoms with Gasteiger partial charge >= 0.3 is 0 Å². The maximum atomic E-state index is 11.3. The van der Waals surface area contributed by atoms with Crippen molar-refractivity contribution in [3.63, 3.8) is 0 Å². The SMILES string of the molecule is CN(C)n1cccc1/C=C(\C#N)S(C)(=O)=O. The van der Waals surface area contributed by atoms with Crippen molar-refractivity contribution in [1.82, 2.24) is 4.68 Å². The topological polar surface area (TPSA) is 66.1 Å². The summed E-state index contributed by atoms with van der Waals surface area (Å²) in [5, 5.41) is 10.6. The Labute approximate surface area is 95.1 Å². The zero-order chi connectivity index (χ0) is 12.3. The molecule has 0 aliphatic rings. The quantitative estimate of drug-likeness (QED) is 0.724. The number of nitrogens with zero attached hydrogens (tertiary/aromatic N) is 3. The van der Waals surface area contributed by atoms with Gasteiger partial charge in [0.2, 0.25) is 0 Å². The first-order chi connectivity index (χ1) is 7.36. The fourth-order valence-electron chi connectivity index (χ4n) is 1.22. The minimum atomic E-state index is -3.47. The van der Waals surface area contributed by atoms with E-state index in [0.29, 0.717) is 5.69 Å². The predicted octanol–water partition coefficient (Wildman–Crippen LogP) is 0.595. The highest BCUT2D eigenvalue weighted by molar-refractivity contribution is 7.95. The summed E-state index contributed by atoms with van der Waals surface area (Å²) < 4.78 is 24.3. The van der Waals surface area contributed by atoms with E-state index in [9.17, 15) is 8.42 Å². The van der Waals surface area contributed by atoms with Gasteiger partial charge in [-0.2, -0.15) is 5.26 Å². The summed E-state index contributed by atoms with van der Waals surface area (Å²) in [5.74, 6) is 0. The number of hydrogen-bond acceptors (Lipinski definition) is 4. The normalized spacial score (nSPS) is 12.2. The summed E-state index contributed by atoms with van der Waals surface area (Å²) >= 11 is 0. The minimum Gasteiger partial charge on any atom is -0.319 e. The Hall–Kier alpha value is -1.74. The second-order valence-electron chi connectivity index (χ2n) is 3.52. The summed E-state index contributed by atoms with van der Waals surface area (Å²) in [6, 6.07) is 5.21. The molecule has 6 heteroatoms. The Kier molecular flexibility index (Phi) is 3.40. The number of sulfone groups is 1. The Morgan fingerprint density at radius 1 is 1.56 bits per heavy atom. The van der Waals surface area contributed by atoms with Crippen LogP contribution >= 0.6 is 0 Å². The van der Waals surface area contributed by atoms with Crippen molar-refractivity contribution in [3.8, 4) is 6.07 Å². The molecule has 86 valence electrons. The molecule has 0 atom stereocenters. The van der Waals surface area contributed by atoms with Gasteiger partial charge in [-0.05, 0) is 18.2 Å². The molecule has 0 spiro atoms. The average Bonchev–Trinajstić information content (AvgIpc) is 2.59. The number of nitriles is 1. The number of hydrogen-bond donors (Lipinski definition) is 0. The highest BCUT2D eigenvalue weighted by atomic mass is 32.2. The molecule has 1 aromatic heterocycles. The molecule has 0 aliphatic carbocycles. The van der Waals surface area contributed by atoms with E-state index in [1.165, 1.54) is 6.08 Å². The second-order valence-corrected chi connectivity index (χ2v) is 5.50. The van der Waals surface area contributed by atoms with Crippen LogP contribution in [-0.2, 0) is 9.84 Å². The van der Waals surface area contributed by atoms with Gasteiger partial charge in [-0.15, -0.1) is 0 Å². The predicted molar refractivity (Wildman–Crippen MR) is 62.9 cm³/mol. The minimum absolute atomic E-state index is 0.241. The highest BCUT2D eigenvalue weighted by Gasteiger charge is 2.11. The van der Waals surface area contributed by atoms with Gasteiger partial charge in [-0.3, -0.25) is 4.68 Å². The Morgan fingerprint density at radius 3 is 2.62 bits per heavy atom. The van der Waals surface area contributed by atoms with Crippen molar-refractivity contribution in [2.45, 2.75) is 0 Å². The van der Waals surface area contributed by atoms with Gasteiger partial charge < -0.3 is 5.01 Å². The number of aromatic nitrogens is 1. The summed E-state index contributed by atoms with van der Waals surface area (Å²) in [6.07, 6.45) is 4.16. The molecule has 0 saturated heterocycles. The second kappa shape index (κ2) is 4.41. The third kappa shape index (κ3) is 2.64. The largest absolute Gasteiger partial charge is 0.319 e. The van der Waals surface area contributed by atoms with Crippen molar-refractivity contribution in [3.05, 3.63) is 28.9 Å². The molecule has 5 nitrogen and oxygen atoms in total. The van der Waals surface area contributed by atoms with Gasteiger partial charge in [-0.1, -0.05) is 0 Å². The number of allylic oxidation sites excluding steroid dienone is 1. The van der Waals surface area contributed by atoms with Gasteiger partial charge in [0.1, 0.15) is 11.0 Å². The Morgan fingerprint density at radius 2 is 2.19 bits per heavy atom. The van der Waals surface area contributed by atoms with Gasteiger partial charge in [-0.25, -0.2) is 8.42 Å². The molecule has 1 heterocycles. The van der Waals surface area contributed by atoms with Crippen LogP contribution in [0.4, 0.5) is 0 Å². The number of rotatable bonds is 3. The lowest BCUT2D eigenvalue weighted by Gasteiger charge is -2.16. The van der Waals surface area contributed by atoms with Crippen molar-refractivity contribution in [2.24, 2.45) is 0 Å². The maximum absolute atomic E-state index is 11.3. The molecule has 0 amide bonds. The lowest BCUT2D eigenvalue weighted by molar-refractivity contribution is 0.609. The summed E-state index contributed by atoms with van der Waals surface area (Å²) in [5.41, 5.74) is 0.645. The van der Waals surface area contributed by atoms with Crippen LogP contribution < -0.4 is 5.01 Å². The third-order valence-corrected chi connectivity index (χ3v) is 2.99. The van der Waals surface area contributed by atoms with Crippen LogP contribution in [0.25, 0.3) is 6.08 Å². The summed E-state index contributed by atoms with van der Waals surface area (Å²) in [7, 11) is 0.181. The van der Waals surface area contributed by atoms with Crippen molar-refractivity contribution in [2.75, 3.05) is 25.4 Å². The molecule has 0 unspecified atom stereocenters. The molecule has 0 aromatic carbocycles. The average molecular weight is 239 g/mol. The molecule has 0 radical (unpaired) electrons. The van der Waals surface area contributed by atoms with Gasteiger partial charge in [0.15, 0.2) is 9.84 Å². The molecule has 0 fully saturated rings. The van der Waals surface area contributed by atoms with E-state index in [2.05, 4.69) is 0 Å². The van der Waals surface area contributed by atoms with E-state index in [0.717, 1.165) is 6.26 Å². The molecule has 0 bridgehead atoms. The lowest BCUT2D eigenvalue weighted by atomic mass is 10.4. The van der Waals surface area contributed by atoms with Crippen LogP contribution in [0.15, 0.2) is 23.2 Å². The first-order valence-corrected chi connectivity index (χ1v) is 6.42. The van der Waals surface area contributed by atoms with E-state index < -0.39 is 9.84 Å². The standard InChI is InChI=1S/C10H13N3O2S/c1-12(2)13-6-4-5-9(13)7-10(8-11)16(3,14)15/h4-7H,1-3H3/b10-7+. The Balaban J connectivity index is 3.27. The first kappa shape index (κ1) is 12.3. The van der Waals surface area contributed by atoms with Crippen LogP contribution in [0.1, 0.15) is 5.69 Å². The van der Waals surface area contributed by atoms with E-state index in [1.807, 2.05) is 14.1 Å². The first-order valence-electron chi connectivity index (χ1n) is 4.53. The molecule has 0 N–H and O–H groups in total. The van der Waals surface area contributed by atoms with E-state index >= 15 is 0 Å². The van der Waals surface area contributed by atoms with E-state index in [4.69, 9.17) is 5.26 Å². The van der Waals surface area contributed by atoms with Crippen LogP contribution in [0, 0.1) is 11.3 Å². The monoisotopic (exact) mass is 239 g/mol. The summed E-state index contributed by atoms with van der Waals surface area (Å²) in [6.45, 7) is 0. The highest BCUT2D eigenvalue weighted by Crippen LogP contribution is 2.11.